The SMILES string of the molecule is CCOC(=O)C1(c2ccc(NC(=O)OC(C)(C)C)c(C(=O)C(=O)N3Cc4ccccc4C3)c2)CC1. The van der Waals surface area contributed by atoms with E-state index < -0.39 is 28.8 Å². The first-order chi connectivity index (χ1) is 16.5. The highest BCUT2D eigenvalue weighted by molar-refractivity contribution is 6.44. The van der Waals surface area contributed by atoms with Gasteiger partial charge in [-0.25, -0.2) is 4.79 Å². The van der Waals surface area contributed by atoms with Crippen molar-refractivity contribution < 1.29 is 28.7 Å². The van der Waals surface area contributed by atoms with Crippen LogP contribution in [0, 0.1) is 0 Å². The van der Waals surface area contributed by atoms with Crippen molar-refractivity contribution >= 4 is 29.4 Å². The normalized spacial score (nSPS) is 15.7. The molecule has 1 fully saturated rings. The van der Waals surface area contributed by atoms with Gasteiger partial charge < -0.3 is 14.4 Å². The lowest BCUT2D eigenvalue weighted by molar-refractivity contribution is -0.146. The van der Waals surface area contributed by atoms with E-state index in [1.165, 1.54) is 17.0 Å². The number of carbonyl (C=O) groups is 4. The second-order valence-corrected chi connectivity index (χ2v) is 9.95. The molecule has 4 rings (SSSR count). The van der Waals surface area contributed by atoms with Crippen molar-refractivity contribution in [2.75, 3.05) is 11.9 Å². The lowest BCUT2D eigenvalue weighted by Crippen LogP contribution is -2.34. The summed E-state index contributed by atoms with van der Waals surface area (Å²) < 4.78 is 10.6. The minimum absolute atomic E-state index is 0.0184. The number of fused-ring (bicyclic) bond motifs is 1. The molecule has 2 aromatic rings. The van der Waals surface area contributed by atoms with Gasteiger partial charge in [0, 0.05) is 13.1 Å². The Morgan fingerprint density at radius 3 is 2.17 bits per heavy atom. The van der Waals surface area contributed by atoms with E-state index in [9.17, 15) is 19.2 Å². The zero-order chi connectivity index (χ0) is 25.4. The van der Waals surface area contributed by atoms with E-state index >= 15 is 0 Å². The van der Waals surface area contributed by atoms with E-state index in [1.807, 2.05) is 24.3 Å². The first-order valence-corrected chi connectivity index (χ1v) is 11.8. The maximum absolute atomic E-state index is 13.5. The van der Waals surface area contributed by atoms with Crippen molar-refractivity contribution in [2.24, 2.45) is 0 Å². The number of rotatable bonds is 6. The molecule has 2 aliphatic rings. The Labute approximate surface area is 204 Å². The van der Waals surface area contributed by atoms with Crippen molar-refractivity contribution in [3.63, 3.8) is 0 Å². The molecule has 0 spiro atoms. The predicted molar refractivity (Wildman–Crippen MR) is 129 cm³/mol. The minimum Gasteiger partial charge on any atom is -0.465 e. The summed E-state index contributed by atoms with van der Waals surface area (Å²) in [5.41, 5.74) is 1.17. The Kier molecular flexibility index (Phi) is 6.40. The summed E-state index contributed by atoms with van der Waals surface area (Å²) in [4.78, 5) is 53.3. The molecule has 1 aliphatic heterocycles. The number of ketones is 1. The zero-order valence-electron chi connectivity index (χ0n) is 20.5. The molecule has 0 radical (unpaired) electrons. The van der Waals surface area contributed by atoms with Gasteiger partial charge in [0.15, 0.2) is 0 Å². The molecular weight excluding hydrogens is 448 g/mol. The third-order valence-corrected chi connectivity index (χ3v) is 6.19. The average molecular weight is 479 g/mol. The Morgan fingerprint density at radius 2 is 1.63 bits per heavy atom. The van der Waals surface area contributed by atoms with Gasteiger partial charge in [-0.1, -0.05) is 30.3 Å². The highest BCUT2D eigenvalue weighted by atomic mass is 16.6. The molecule has 0 aromatic heterocycles. The number of esters is 1. The fourth-order valence-electron chi connectivity index (χ4n) is 4.29. The number of nitrogens with zero attached hydrogens (tertiary/aromatic N) is 1. The van der Waals surface area contributed by atoms with Crippen LogP contribution in [0.4, 0.5) is 10.5 Å². The lowest BCUT2D eigenvalue weighted by Gasteiger charge is -2.22. The third kappa shape index (κ3) is 5.06. The molecule has 1 N–H and O–H groups in total. The van der Waals surface area contributed by atoms with Gasteiger partial charge in [0.1, 0.15) is 5.60 Å². The van der Waals surface area contributed by atoms with Crippen molar-refractivity contribution in [1.82, 2.24) is 4.90 Å². The van der Waals surface area contributed by atoms with Crippen molar-refractivity contribution in [3.8, 4) is 0 Å². The summed E-state index contributed by atoms with van der Waals surface area (Å²) in [5, 5.41) is 2.60. The van der Waals surface area contributed by atoms with Gasteiger partial charge in [-0.3, -0.25) is 19.7 Å². The number of benzene rings is 2. The molecule has 0 bridgehead atoms. The first kappa shape index (κ1) is 24.4. The Bertz CT molecular complexity index is 1170. The van der Waals surface area contributed by atoms with E-state index in [4.69, 9.17) is 9.47 Å². The van der Waals surface area contributed by atoms with E-state index in [0.29, 0.717) is 31.5 Å². The van der Waals surface area contributed by atoms with Gasteiger partial charge >= 0.3 is 12.1 Å². The van der Waals surface area contributed by atoms with Crippen LogP contribution in [0.15, 0.2) is 42.5 Å². The number of anilines is 1. The van der Waals surface area contributed by atoms with E-state index in [-0.39, 0.29) is 23.8 Å². The molecular formula is C27H30N2O6. The number of hydrogen-bond donors (Lipinski definition) is 1. The van der Waals surface area contributed by atoms with Crippen LogP contribution in [0.3, 0.4) is 0 Å². The van der Waals surface area contributed by atoms with Crippen LogP contribution in [0.2, 0.25) is 0 Å². The number of amides is 2. The van der Waals surface area contributed by atoms with Crippen LogP contribution in [-0.2, 0) is 37.6 Å². The van der Waals surface area contributed by atoms with Crippen LogP contribution in [0.25, 0.3) is 0 Å². The fraction of sp³-hybridized carbons (Fsp3) is 0.407. The predicted octanol–water partition coefficient (Wildman–Crippen LogP) is 4.35. The molecule has 8 nitrogen and oxygen atoms in total. The molecule has 2 aromatic carbocycles. The fourth-order valence-corrected chi connectivity index (χ4v) is 4.29. The van der Waals surface area contributed by atoms with Crippen molar-refractivity contribution in [1.29, 1.82) is 0 Å². The smallest absolute Gasteiger partial charge is 0.412 e. The van der Waals surface area contributed by atoms with Gasteiger partial charge in [-0.15, -0.1) is 0 Å². The molecule has 0 atom stereocenters. The number of hydrogen-bond acceptors (Lipinski definition) is 6. The highest BCUT2D eigenvalue weighted by Crippen LogP contribution is 2.50. The second kappa shape index (κ2) is 9.17. The van der Waals surface area contributed by atoms with Gasteiger partial charge in [0.2, 0.25) is 0 Å². The summed E-state index contributed by atoms with van der Waals surface area (Å²) >= 11 is 0. The first-order valence-electron chi connectivity index (χ1n) is 11.8. The Hall–Kier alpha value is -3.68. The third-order valence-electron chi connectivity index (χ3n) is 6.19. The molecule has 35 heavy (non-hydrogen) atoms. The molecule has 184 valence electrons. The number of nitrogens with one attached hydrogen (secondary N) is 1. The quantitative estimate of drug-likeness (QED) is 0.376. The summed E-state index contributed by atoms with van der Waals surface area (Å²) in [6, 6.07) is 12.4. The topological polar surface area (TPSA) is 102 Å². The van der Waals surface area contributed by atoms with Crippen LogP contribution < -0.4 is 5.32 Å². The van der Waals surface area contributed by atoms with Crippen LogP contribution in [0.1, 0.15) is 67.6 Å². The highest BCUT2D eigenvalue weighted by Gasteiger charge is 2.53. The van der Waals surface area contributed by atoms with E-state index in [0.717, 1.165) is 11.1 Å². The van der Waals surface area contributed by atoms with Crippen molar-refractivity contribution in [3.05, 3.63) is 64.7 Å². The summed E-state index contributed by atoms with van der Waals surface area (Å²) in [6.07, 6.45) is 0.438. The molecule has 0 saturated heterocycles. The minimum atomic E-state index is -0.831. The Morgan fingerprint density at radius 1 is 1.00 bits per heavy atom. The van der Waals surface area contributed by atoms with E-state index in [2.05, 4.69) is 5.32 Å². The van der Waals surface area contributed by atoms with Gasteiger partial charge in [-0.2, -0.15) is 0 Å². The molecule has 8 heteroatoms. The van der Waals surface area contributed by atoms with Crippen LogP contribution in [0.5, 0.6) is 0 Å². The van der Waals surface area contributed by atoms with Gasteiger partial charge in [0.25, 0.3) is 11.7 Å². The molecule has 1 saturated carbocycles. The molecule has 2 amide bonds. The van der Waals surface area contributed by atoms with Crippen LogP contribution >= 0.6 is 0 Å². The summed E-state index contributed by atoms with van der Waals surface area (Å²) in [6.45, 7) is 7.84. The number of Topliss-reactive ketones (excluding diaryl/α,β-unsaturated/α-hetero) is 1. The zero-order valence-corrected chi connectivity index (χ0v) is 20.5. The summed E-state index contributed by atoms with van der Waals surface area (Å²) in [7, 11) is 0. The number of ether oxygens (including phenoxy) is 2. The standard InChI is InChI=1S/C27H30N2O6/c1-5-34-24(32)27(12-13-27)19-10-11-21(28-25(33)35-26(2,3)4)20(14-19)22(30)23(31)29-15-17-8-6-7-9-18(17)16-29/h6-11,14H,5,12-13,15-16H2,1-4H3,(H,28,33). The molecule has 1 aliphatic carbocycles. The maximum Gasteiger partial charge on any atom is 0.412 e. The van der Waals surface area contributed by atoms with Crippen LogP contribution in [-0.4, -0.2) is 40.9 Å². The molecule has 0 unspecified atom stereocenters. The number of carbonyl (C=O) groups excluding carboxylic acids is 4. The Balaban J connectivity index is 1.65. The molecule has 1 heterocycles. The van der Waals surface area contributed by atoms with Gasteiger partial charge in [-0.05, 0) is 69.4 Å². The second-order valence-electron chi connectivity index (χ2n) is 9.95. The van der Waals surface area contributed by atoms with E-state index in [1.54, 1.807) is 33.8 Å². The van der Waals surface area contributed by atoms with Gasteiger partial charge in [0.05, 0.1) is 23.3 Å². The lowest BCUT2D eigenvalue weighted by atomic mass is 9.92. The maximum atomic E-state index is 13.5. The average Bonchev–Trinajstić information content (AvgIpc) is 3.49. The summed E-state index contributed by atoms with van der Waals surface area (Å²) in [5.74, 6) is -1.79. The van der Waals surface area contributed by atoms with Crippen molar-refractivity contribution in [2.45, 2.75) is 64.6 Å². The largest absolute Gasteiger partial charge is 0.465 e. The monoisotopic (exact) mass is 478 g/mol.